The molecule has 1 aliphatic rings. The van der Waals surface area contributed by atoms with Gasteiger partial charge in [-0.2, -0.15) is 0 Å². The Hall–Kier alpha value is -3.86. The highest BCUT2D eigenvalue weighted by Gasteiger charge is 2.46. The van der Waals surface area contributed by atoms with E-state index in [1.54, 1.807) is 36.4 Å². The molecule has 33 heavy (non-hydrogen) atoms. The monoisotopic (exact) mass is 441 g/mol. The van der Waals surface area contributed by atoms with Gasteiger partial charge in [0.15, 0.2) is 0 Å². The normalized spacial score (nSPS) is 17.6. The zero-order chi connectivity index (χ0) is 23.5. The fraction of sp³-hybridized carbons (Fsp3) is 0.214. The number of nitrogens with zero attached hydrogens (tertiary/aromatic N) is 1. The summed E-state index contributed by atoms with van der Waals surface area (Å²) >= 11 is 0. The number of rotatable bonds is 6. The van der Waals surface area contributed by atoms with Crippen LogP contribution in [-0.4, -0.2) is 22.9 Å². The molecule has 4 rings (SSSR count). The Balaban J connectivity index is 1.89. The van der Waals surface area contributed by atoms with Crippen molar-refractivity contribution >= 4 is 23.1 Å². The molecule has 1 saturated heterocycles. The van der Waals surface area contributed by atoms with Gasteiger partial charge in [0.05, 0.1) is 17.7 Å². The van der Waals surface area contributed by atoms with E-state index in [2.05, 4.69) is 6.92 Å². The zero-order valence-electron chi connectivity index (χ0n) is 19.0. The van der Waals surface area contributed by atoms with Crippen LogP contribution >= 0.6 is 0 Å². The average molecular weight is 442 g/mol. The molecule has 0 spiro atoms. The lowest BCUT2D eigenvalue weighted by Gasteiger charge is -2.25. The SMILES string of the molecule is CCc1ccc(C2/C(=C(/O)c3cccc(OC(C)C)c3)C(=O)C(=O)N2c2ccccc2)cc1. The third-order valence-corrected chi connectivity index (χ3v) is 5.66. The van der Waals surface area contributed by atoms with Gasteiger partial charge >= 0.3 is 0 Å². The second-order valence-electron chi connectivity index (χ2n) is 8.29. The highest BCUT2D eigenvalue weighted by Crippen LogP contribution is 2.42. The Kier molecular flexibility index (Phi) is 6.31. The Labute approximate surface area is 193 Å². The molecule has 1 fully saturated rings. The minimum atomic E-state index is -0.743. The average Bonchev–Trinajstić information content (AvgIpc) is 3.09. The van der Waals surface area contributed by atoms with Gasteiger partial charge in [-0.1, -0.05) is 61.5 Å². The molecular weight excluding hydrogens is 414 g/mol. The van der Waals surface area contributed by atoms with Crippen LogP contribution in [0, 0.1) is 0 Å². The molecule has 1 heterocycles. The summed E-state index contributed by atoms with van der Waals surface area (Å²) in [6, 6.07) is 23.0. The third-order valence-electron chi connectivity index (χ3n) is 5.66. The Bertz CT molecular complexity index is 1200. The minimum absolute atomic E-state index is 0.0388. The number of carbonyl (C=O) groups excluding carboxylic acids is 2. The first kappa shape index (κ1) is 22.3. The van der Waals surface area contributed by atoms with Gasteiger partial charge in [-0.05, 0) is 55.7 Å². The molecule has 5 nitrogen and oxygen atoms in total. The number of para-hydroxylation sites is 1. The second-order valence-corrected chi connectivity index (χ2v) is 8.29. The number of anilines is 1. The maximum atomic E-state index is 13.2. The number of aliphatic hydroxyl groups excluding tert-OH is 1. The van der Waals surface area contributed by atoms with Crippen molar-refractivity contribution in [2.24, 2.45) is 0 Å². The summed E-state index contributed by atoms with van der Waals surface area (Å²) < 4.78 is 5.75. The molecule has 1 amide bonds. The molecule has 0 saturated carbocycles. The van der Waals surface area contributed by atoms with Gasteiger partial charge in [-0.3, -0.25) is 14.5 Å². The maximum absolute atomic E-state index is 13.2. The van der Waals surface area contributed by atoms with Gasteiger partial charge in [0.1, 0.15) is 11.5 Å². The van der Waals surface area contributed by atoms with Crippen LogP contribution in [0.2, 0.25) is 0 Å². The summed E-state index contributed by atoms with van der Waals surface area (Å²) in [6.45, 7) is 5.90. The van der Waals surface area contributed by atoms with Crippen LogP contribution in [0.4, 0.5) is 5.69 Å². The predicted octanol–water partition coefficient (Wildman–Crippen LogP) is 5.66. The number of hydrogen-bond donors (Lipinski definition) is 1. The molecule has 3 aromatic carbocycles. The summed E-state index contributed by atoms with van der Waals surface area (Å²) in [6.07, 6.45) is 0.838. The van der Waals surface area contributed by atoms with Crippen molar-refractivity contribution in [1.82, 2.24) is 0 Å². The lowest BCUT2D eigenvalue weighted by atomic mass is 9.94. The predicted molar refractivity (Wildman–Crippen MR) is 129 cm³/mol. The van der Waals surface area contributed by atoms with Gasteiger partial charge < -0.3 is 9.84 Å². The van der Waals surface area contributed by atoms with Crippen LogP contribution in [-0.2, 0) is 16.0 Å². The molecule has 1 unspecified atom stereocenters. The molecule has 5 heteroatoms. The quantitative estimate of drug-likeness (QED) is 0.304. The van der Waals surface area contributed by atoms with Gasteiger partial charge in [-0.25, -0.2) is 0 Å². The summed E-state index contributed by atoms with van der Waals surface area (Å²) in [5.41, 5.74) is 2.99. The summed E-state index contributed by atoms with van der Waals surface area (Å²) in [5.74, 6) is -1.02. The van der Waals surface area contributed by atoms with E-state index < -0.39 is 17.7 Å². The van der Waals surface area contributed by atoms with Gasteiger partial charge in [0.2, 0.25) is 0 Å². The van der Waals surface area contributed by atoms with Crippen LogP contribution in [0.3, 0.4) is 0 Å². The number of carbonyl (C=O) groups is 2. The van der Waals surface area contributed by atoms with Crippen molar-refractivity contribution < 1.29 is 19.4 Å². The van der Waals surface area contributed by atoms with E-state index in [9.17, 15) is 14.7 Å². The van der Waals surface area contributed by atoms with E-state index in [1.165, 1.54) is 4.90 Å². The first-order valence-corrected chi connectivity index (χ1v) is 11.1. The second kappa shape index (κ2) is 9.33. The van der Waals surface area contributed by atoms with Crippen molar-refractivity contribution in [2.75, 3.05) is 4.90 Å². The molecule has 1 aliphatic heterocycles. The van der Waals surface area contributed by atoms with E-state index >= 15 is 0 Å². The summed E-state index contributed by atoms with van der Waals surface area (Å²) in [5, 5.41) is 11.3. The topological polar surface area (TPSA) is 66.8 Å². The number of ether oxygens (including phenoxy) is 1. The Morgan fingerprint density at radius 2 is 1.67 bits per heavy atom. The Morgan fingerprint density at radius 1 is 0.970 bits per heavy atom. The number of benzene rings is 3. The molecule has 1 atom stereocenters. The third kappa shape index (κ3) is 4.40. The van der Waals surface area contributed by atoms with Crippen molar-refractivity contribution in [3.63, 3.8) is 0 Å². The highest BCUT2D eigenvalue weighted by atomic mass is 16.5. The van der Waals surface area contributed by atoms with Crippen molar-refractivity contribution in [3.8, 4) is 5.75 Å². The molecule has 0 aliphatic carbocycles. The zero-order valence-corrected chi connectivity index (χ0v) is 19.0. The van der Waals surface area contributed by atoms with Crippen molar-refractivity contribution in [2.45, 2.75) is 39.3 Å². The summed E-state index contributed by atoms with van der Waals surface area (Å²) in [7, 11) is 0. The smallest absolute Gasteiger partial charge is 0.300 e. The van der Waals surface area contributed by atoms with Crippen molar-refractivity contribution in [1.29, 1.82) is 0 Å². The standard InChI is InChI=1S/C28H27NO4/c1-4-19-13-15-20(16-14-19)25-24(26(30)21-9-8-12-23(17-21)33-18(2)3)27(31)28(32)29(25)22-10-6-5-7-11-22/h5-18,25,30H,4H2,1-3H3/b26-24-. The van der Waals surface area contributed by atoms with Gasteiger partial charge in [-0.15, -0.1) is 0 Å². The number of Topliss-reactive ketones (excluding diaryl/α,β-unsaturated/α-hetero) is 1. The number of aliphatic hydroxyl groups is 1. The fourth-order valence-corrected chi connectivity index (χ4v) is 4.08. The molecule has 0 radical (unpaired) electrons. The molecule has 1 N–H and O–H groups in total. The summed E-state index contributed by atoms with van der Waals surface area (Å²) in [4.78, 5) is 27.9. The Morgan fingerprint density at radius 3 is 2.30 bits per heavy atom. The van der Waals surface area contributed by atoms with E-state index in [0.29, 0.717) is 17.0 Å². The van der Waals surface area contributed by atoms with E-state index in [-0.39, 0.29) is 17.4 Å². The number of amides is 1. The minimum Gasteiger partial charge on any atom is -0.507 e. The van der Waals surface area contributed by atoms with E-state index in [1.807, 2.05) is 56.3 Å². The lowest BCUT2D eigenvalue weighted by molar-refractivity contribution is -0.132. The number of ketones is 1. The van der Waals surface area contributed by atoms with Gasteiger partial charge in [0, 0.05) is 11.3 Å². The lowest BCUT2D eigenvalue weighted by Crippen LogP contribution is -2.29. The molecular formula is C28H27NO4. The molecule has 0 aromatic heterocycles. The fourth-order valence-electron chi connectivity index (χ4n) is 4.08. The van der Waals surface area contributed by atoms with E-state index in [4.69, 9.17) is 4.74 Å². The van der Waals surface area contributed by atoms with Crippen LogP contribution in [0.15, 0.2) is 84.4 Å². The first-order valence-electron chi connectivity index (χ1n) is 11.1. The van der Waals surface area contributed by atoms with E-state index in [0.717, 1.165) is 17.5 Å². The molecule has 168 valence electrons. The molecule has 0 bridgehead atoms. The first-order chi connectivity index (χ1) is 15.9. The van der Waals surface area contributed by atoms with Gasteiger partial charge in [0.25, 0.3) is 11.7 Å². The largest absolute Gasteiger partial charge is 0.507 e. The van der Waals surface area contributed by atoms with Crippen LogP contribution in [0.1, 0.15) is 43.5 Å². The number of hydrogen-bond acceptors (Lipinski definition) is 4. The highest BCUT2D eigenvalue weighted by molar-refractivity contribution is 6.51. The van der Waals surface area contributed by atoms with Crippen LogP contribution < -0.4 is 9.64 Å². The van der Waals surface area contributed by atoms with Crippen molar-refractivity contribution in [3.05, 3.63) is 101 Å². The van der Waals surface area contributed by atoms with Crippen LogP contribution in [0.5, 0.6) is 5.75 Å². The maximum Gasteiger partial charge on any atom is 0.300 e. The molecule has 3 aromatic rings. The van der Waals surface area contributed by atoms with Crippen LogP contribution in [0.25, 0.3) is 5.76 Å². The number of aryl methyl sites for hydroxylation is 1.